The molecule has 0 aliphatic carbocycles. The normalized spacial score (nSPS) is 12.2. The van der Waals surface area contributed by atoms with Crippen molar-refractivity contribution in [3.8, 4) is 11.1 Å². The van der Waals surface area contributed by atoms with E-state index in [1.165, 1.54) is 16.8 Å². The maximum absolute atomic E-state index is 14.5. The van der Waals surface area contributed by atoms with Crippen molar-refractivity contribution in [3.05, 3.63) is 93.2 Å². The highest BCUT2D eigenvalue weighted by Crippen LogP contribution is 2.38. The largest absolute Gasteiger partial charge is 0.477 e. The fourth-order valence-electron chi connectivity index (χ4n) is 3.74. The Morgan fingerprint density at radius 2 is 1.93 bits per heavy atom. The van der Waals surface area contributed by atoms with Crippen LogP contribution in [0.15, 0.2) is 65.6 Å². The lowest BCUT2D eigenvalue weighted by Crippen LogP contribution is -2.17. The Labute approximate surface area is 170 Å². The van der Waals surface area contributed by atoms with Gasteiger partial charge in [-0.3, -0.25) is 4.79 Å². The molecule has 4 rings (SSSR count). The fraction of sp³-hybridized carbons (Fsp3) is 0.0909. The van der Waals surface area contributed by atoms with Crippen LogP contribution in [0.1, 0.15) is 29.0 Å². The number of pyridine rings is 1. The van der Waals surface area contributed by atoms with E-state index in [9.17, 15) is 19.1 Å². The molecule has 2 aromatic heterocycles. The van der Waals surface area contributed by atoms with E-state index in [1.807, 2.05) is 0 Å². The first-order chi connectivity index (χ1) is 13.9. The number of hydrogen-bond donors (Lipinski definition) is 2. The van der Waals surface area contributed by atoms with Crippen molar-refractivity contribution in [2.75, 3.05) is 0 Å². The van der Waals surface area contributed by atoms with E-state index in [-0.39, 0.29) is 16.8 Å². The van der Waals surface area contributed by atoms with Crippen molar-refractivity contribution < 1.29 is 14.3 Å². The molecular formula is C22H16ClFN2O3. The Kier molecular flexibility index (Phi) is 4.72. The van der Waals surface area contributed by atoms with Crippen LogP contribution >= 0.6 is 11.6 Å². The standard InChI is InChI=1S/C22H16ClFN2O3/c1-12(14-5-2-3-7-17(14)24)26-18-9-8-13(23)11-16(18)19(20(26)22(28)29)15-6-4-10-25-21(15)27/h2-12H,1H3,(H,25,27)(H,28,29). The Hall–Kier alpha value is -3.38. The van der Waals surface area contributed by atoms with Gasteiger partial charge < -0.3 is 14.7 Å². The zero-order chi connectivity index (χ0) is 20.7. The third kappa shape index (κ3) is 3.11. The molecule has 0 saturated carbocycles. The molecule has 29 heavy (non-hydrogen) atoms. The predicted octanol–water partition coefficient (Wildman–Crippen LogP) is 5.10. The SMILES string of the molecule is CC(c1ccccc1F)n1c(C(=O)O)c(-c2ccc[nH]c2=O)c2cc(Cl)ccc21. The summed E-state index contributed by atoms with van der Waals surface area (Å²) in [5.74, 6) is -1.66. The van der Waals surface area contributed by atoms with Crippen molar-refractivity contribution in [2.24, 2.45) is 0 Å². The van der Waals surface area contributed by atoms with Crippen molar-refractivity contribution in [1.82, 2.24) is 9.55 Å². The summed E-state index contributed by atoms with van der Waals surface area (Å²) >= 11 is 6.18. The molecule has 1 unspecified atom stereocenters. The Morgan fingerprint density at radius 3 is 2.62 bits per heavy atom. The van der Waals surface area contributed by atoms with Crippen LogP contribution < -0.4 is 5.56 Å². The van der Waals surface area contributed by atoms with Gasteiger partial charge in [-0.1, -0.05) is 29.8 Å². The number of carboxylic acids is 1. The summed E-state index contributed by atoms with van der Waals surface area (Å²) in [5, 5.41) is 11.0. The predicted molar refractivity (Wildman–Crippen MR) is 110 cm³/mol. The van der Waals surface area contributed by atoms with Crippen LogP contribution in [0, 0.1) is 5.82 Å². The van der Waals surface area contributed by atoms with E-state index in [0.29, 0.717) is 21.5 Å². The monoisotopic (exact) mass is 410 g/mol. The number of H-pyrrole nitrogens is 1. The van der Waals surface area contributed by atoms with Gasteiger partial charge in [-0.15, -0.1) is 0 Å². The van der Waals surface area contributed by atoms with E-state index in [2.05, 4.69) is 4.98 Å². The molecule has 5 nitrogen and oxygen atoms in total. The van der Waals surface area contributed by atoms with Crippen LogP contribution in [0.5, 0.6) is 0 Å². The van der Waals surface area contributed by atoms with Crippen LogP contribution in [0.3, 0.4) is 0 Å². The number of aromatic carboxylic acids is 1. The van der Waals surface area contributed by atoms with E-state index >= 15 is 0 Å². The summed E-state index contributed by atoms with van der Waals surface area (Å²) in [4.78, 5) is 27.4. The van der Waals surface area contributed by atoms with Gasteiger partial charge in [0.15, 0.2) is 0 Å². The van der Waals surface area contributed by atoms with Crippen LogP contribution in [0.4, 0.5) is 4.39 Å². The molecule has 0 amide bonds. The van der Waals surface area contributed by atoms with Gasteiger partial charge in [0.05, 0.1) is 11.6 Å². The van der Waals surface area contributed by atoms with Gasteiger partial charge in [-0.05, 0) is 43.3 Å². The molecular weight excluding hydrogens is 395 g/mol. The van der Waals surface area contributed by atoms with Gasteiger partial charge in [0.1, 0.15) is 11.5 Å². The number of fused-ring (bicyclic) bond motifs is 1. The van der Waals surface area contributed by atoms with Gasteiger partial charge in [0.25, 0.3) is 5.56 Å². The first-order valence-electron chi connectivity index (χ1n) is 8.89. The quantitative estimate of drug-likeness (QED) is 0.491. The minimum absolute atomic E-state index is 0.102. The minimum atomic E-state index is -1.22. The van der Waals surface area contributed by atoms with Gasteiger partial charge in [-0.2, -0.15) is 0 Å². The maximum atomic E-state index is 14.5. The number of halogens is 2. The number of nitrogens with one attached hydrogen (secondary N) is 1. The first kappa shape index (κ1) is 19.0. The molecule has 2 aromatic carbocycles. The molecule has 0 bridgehead atoms. The lowest BCUT2D eigenvalue weighted by molar-refractivity contribution is 0.0685. The first-order valence-corrected chi connectivity index (χ1v) is 9.27. The van der Waals surface area contributed by atoms with Crippen molar-refractivity contribution in [2.45, 2.75) is 13.0 Å². The number of nitrogens with zero attached hydrogens (tertiary/aromatic N) is 1. The number of carboxylic acid groups (broad SMARTS) is 1. The summed E-state index contributed by atoms with van der Waals surface area (Å²) < 4.78 is 16.0. The van der Waals surface area contributed by atoms with Crippen molar-refractivity contribution in [3.63, 3.8) is 0 Å². The van der Waals surface area contributed by atoms with Crippen LogP contribution in [0.2, 0.25) is 5.02 Å². The second kappa shape index (κ2) is 7.22. The van der Waals surface area contributed by atoms with Crippen LogP contribution in [0.25, 0.3) is 22.0 Å². The van der Waals surface area contributed by atoms with Crippen molar-refractivity contribution >= 4 is 28.5 Å². The summed E-state index contributed by atoms with van der Waals surface area (Å²) in [6.07, 6.45) is 1.47. The maximum Gasteiger partial charge on any atom is 0.353 e. The highest BCUT2D eigenvalue weighted by molar-refractivity contribution is 6.31. The molecule has 0 saturated heterocycles. The Balaban J connectivity index is 2.15. The lowest BCUT2D eigenvalue weighted by atomic mass is 10.0. The molecule has 0 radical (unpaired) electrons. The second-order valence-electron chi connectivity index (χ2n) is 6.67. The third-order valence-corrected chi connectivity index (χ3v) is 5.23. The van der Waals surface area contributed by atoms with Gasteiger partial charge in [0.2, 0.25) is 0 Å². The molecule has 7 heteroatoms. The highest BCUT2D eigenvalue weighted by atomic mass is 35.5. The highest BCUT2D eigenvalue weighted by Gasteiger charge is 2.28. The topological polar surface area (TPSA) is 75.1 Å². The number of rotatable bonds is 4. The Bertz CT molecular complexity index is 1310. The van der Waals surface area contributed by atoms with E-state index in [0.717, 1.165) is 0 Å². The smallest absolute Gasteiger partial charge is 0.353 e. The number of carbonyl (C=O) groups is 1. The third-order valence-electron chi connectivity index (χ3n) is 5.00. The van der Waals surface area contributed by atoms with Crippen molar-refractivity contribution in [1.29, 1.82) is 0 Å². The number of hydrogen-bond acceptors (Lipinski definition) is 2. The summed E-state index contributed by atoms with van der Waals surface area (Å²) in [6, 6.07) is 13.7. The summed E-state index contributed by atoms with van der Waals surface area (Å²) in [7, 11) is 0. The molecule has 0 spiro atoms. The summed E-state index contributed by atoms with van der Waals surface area (Å²) in [5.41, 5.74) is 0.815. The Morgan fingerprint density at radius 1 is 1.17 bits per heavy atom. The average Bonchev–Trinajstić information content (AvgIpc) is 3.02. The lowest BCUT2D eigenvalue weighted by Gasteiger charge is -2.19. The molecule has 2 heterocycles. The fourth-order valence-corrected chi connectivity index (χ4v) is 3.92. The minimum Gasteiger partial charge on any atom is -0.477 e. The molecule has 0 aliphatic rings. The van der Waals surface area contributed by atoms with Crippen LogP contribution in [-0.4, -0.2) is 20.6 Å². The van der Waals surface area contributed by atoms with Gasteiger partial charge >= 0.3 is 5.97 Å². The summed E-state index contributed by atoms with van der Waals surface area (Å²) in [6.45, 7) is 1.72. The number of benzene rings is 2. The molecule has 4 aromatic rings. The van der Waals surface area contributed by atoms with E-state index < -0.39 is 23.4 Å². The van der Waals surface area contributed by atoms with Gasteiger partial charge in [0, 0.05) is 33.3 Å². The average molecular weight is 411 g/mol. The molecule has 146 valence electrons. The number of aromatic amines is 1. The molecule has 0 fully saturated rings. The van der Waals surface area contributed by atoms with E-state index in [1.54, 1.807) is 55.5 Å². The molecule has 2 N–H and O–H groups in total. The molecule has 1 atom stereocenters. The van der Waals surface area contributed by atoms with E-state index in [4.69, 9.17) is 11.6 Å². The zero-order valence-electron chi connectivity index (χ0n) is 15.3. The van der Waals surface area contributed by atoms with Gasteiger partial charge in [-0.25, -0.2) is 9.18 Å². The number of aromatic nitrogens is 2. The zero-order valence-corrected chi connectivity index (χ0v) is 16.1. The van der Waals surface area contributed by atoms with Crippen LogP contribution in [-0.2, 0) is 0 Å². The second-order valence-corrected chi connectivity index (χ2v) is 7.11. The molecule has 0 aliphatic heterocycles.